The van der Waals surface area contributed by atoms with Crippen LogP contribution in [0.15, 0.2) is 194 Å². The minimum Gasteiger partial charge on any atom is -0.252 e. The Kier molecular flexibility index (Phi) is 7.39. The summed E-state index contributed by atoms with van der Waals surface area (Å²) in [7, 11) is 0. The molecular weight excluding hydrogens is 685 g/mol. The first kappa shape index (κ1) is 31.6. The van der Waals surface area contributed by atoms with Crippen LogP contribution in [0.1, 0.15) is 0 Å². The number of hydrogen-bond donors (Lipinski definition) is 0. The molecule has 0 saturated heterocycles. The minimum absolute atomic E-state index is 0.871. The molecule has 0 bridgehead atoms. The third-order valence-electron chi connectivity index (χ3n) is 10.9. The van der Waals surface area contributed by atoms with Gasteiger partial charge in [-0.3, -0.25) is 4.98 Å². The fourth-order valence-electron chi connectivity index (χ4n) is 8.17. The van der Waals surface area contributed by atoms with Gasteiger partial charge in [-0.2, -0.15) is 0 Å². The maximum Gasteiger partial charge on any atom is 0.0979 e. The van der Waals surface area contributed by atoms with Crippen molar-refractivity contribution >= 4 is 64.1 Å². The smallest absolute Gasteiger partial charge is 0.0979 e. The molecule has 2 aromatic heterocycles. The van der Waals surface area contributed by atoms with Crippen LogP contribution in [-0.4, -0.2) is 9.97 Å². The Bertz CT molecular complexity index is 3210. The third kappa shape index (κ3) is 5.40. The first-order valence-corrected chi connectivity index (χ1v) is 19.5. The molecule has 0 aliphatic carbocycles. The Morgan fingerprint density at radius 2 is 0.800 bits per heavy atom. The van der Waals surface area contributed by atoms with Crippen LogP contribution in [-0.2, 0) is 0 Å². The van der Waals surface area contributed by atoms with Crippen LogP contribution in [0.5, 0.6) is 0 Å². The van der Waals surface area contributed by atoms with Gasteiger partial charge in [0.2, 0.25) is 0 Å². The molecule has 11 rings (SSSR count). The van der Waals surface area contributed by atoms with E-state index in [2.05, 4.69) is 188 Å². The number of hydrogen-bond acceptors (Lipinski definition) is 3. The topological polar surface area (TPSA) is 25.8 Å². The number of fused-ring (bicyclic) bond motifs is 9. The lowest BCUT2D eigenvalue weighted by atomic mass is 9.95. The van der Waals surface area contributed by atoms with Crippen LogP contribution in [0.25, 0.3) is 109 Å². The highest BCUT2D eigenvalue weighted by Crippen LogP contribution is 2.41. The Labute approximate surface area is 322 Å². The highest BCUT2D eigenvalue weighted by molar-refractivity contribution is 7.26. The highest BCUT2D eigenvalue weighted by Gasteiger charge is 2.14. The second kappa shape index (κ2) is 12.9. The maximum absolute atomic E-state index is 5.19. The van der Waals surface area contributed by atoms with E-state index in [1.165, 1.54) is 69.9 Å². The molecule has 11 aromatic rings. The Hall–Kier alpha value is -6.94. The number of thiophene rings is 1. The minimum atomic E-state index is 0.871. The first-order chi connectivity index (χ1) is 27.2. The van der Waals surface area contributed by atoms with E-state index in [1.807, 2.05) is 17.5 Å². The molecule has 0 amide bonds. The van der Waals surface area contributed by atoms with Gasteiger partial charge in [-0.05, 0) is 73.5 Å². The molecule has 0 aliphatic rings. The molecule has 9 aromatic carbocycles. The van der Waals surface area contributed by atoms with Crippen molar-refractivity contribution in [2.75, 3.05) is 0 Å². The molecule has 3 heteroatoms. The first-order valence-electron chi connectivity index (χ1n) is 18.6. The van der Waals surface area contributed by atoms with Crippen molar-refractivity contribution in [1.82, 2.24) is 9.97 Å². The van der Waals surface area contributed by atoms with Gasteiger partial charge in [0.1, 0.15) is 0 Å². The molecule has 2 heterocycles. The SMILES string of the molecule is c1cc(-c2ccc(-c3cnc4c5ccccc5c5ccccc5c4n3)cc2)cc(-c2cccc(-c3ccc(-c4cccc5c4sc4ccccc45)cc3)c2)c1. The average molecular weight is 717 g/mol. The summed E-state index contributed by atoms with van der Waals surface area (Å²) in [6, 6.07) is 67.8. The highest BCUT2D eigenvalue weighted by atomic mass is 32.1. The summed E-state index contributed by atoms with van der Waals surface area (Å²) < 4.78 is 2.68. The number of benzene rings is 9. The molecule has 0 N–H and O–H groups in total. The van der Waals surface area contributed by atoms with E-state index < -0.39 is 0 Å². The van der Waals surface area contributed by atoms with Crippen LogP contribution in [0.3, 0.4) is 0 Å². The summed E-state index contributed by atoms with van der Waals surface area (Å²) in [5, 5.41) is 7.32. The van der Waals surface area contributed by atoms with E-state index in [-0.39, 0.29) is 0 Å². The molecule has 0 unspecified atom stereocenters. The van der Waals surface area contributed by atoms with E-state index in [0.29, 0.717) is 0 Å². The largest absolute Gasteiger partial charge is 0.252 e. The van der Waals surface area contributed by atoms with E-state index in [0.717, 1.165) is 38.6 Å². The Balaban J connectivity index is 0.880. The lowest BCUT2D eigenvalue weighted by molar-refractivity contribution is 1.31. The molecule has 0 spiro atoms. The third-order valence-corrected chi connectivity index (χ3v) is 12.2. The van der Waals surface area contributed by atoms with Crippen molar-refractivity contribution in [3.05, 3.63) is 194 Å². The van der Waals surface area contributed by atoms with Crippen molar-refractivity contribution < 1.29 is 0 Å². The fourth-order valence-corrected chi connectivity index (χ4v) is 9.41. The summed E-state index contributed by atoms with van der Waals surface area (Å²) in [4.78, 5) is 10.2. The van der Waals surface area contributed by atoms with Crippen molar-refractivity contribution in [2.24, 2.45) is 0 Å². The van der Waals surface area contributed by atoms with E-state index in [4.69, 9.17) is 9.97 Å². The number of rotatable bonds is 5. The zero-order valence-corrected chi connectivity index (χ0v) is 30.6. The van der Waals surface area contributed by atoms with Crippen LogP contribution < -0.4 is 0 Å². The van der Waals surface area contributed by atoms with Crippen molar-refractivity contribution in [3.63, 3.8) is 0 Å². The Morgan fingerprint density at radius 3 is 1.44 bits per heavy atom. The normalized spacial score (nSPS) is 11.6. The molecule has 55 heavy (non-hydrogen) atoms. The Morgan fingerprint density at radius 1 is 0.327 bits per heavy atom. The zero-order valence-electron chi connectivity index (χ0n) is 29.8. The number of nitrogens with zero attached hydrogens (tertiary/aromatic N) is 2. The predicted molar refractivity (Wildman–Crippen MR) is 235 cm³/mol. The summed E-state index contributed by atoms with van der Waals surface area (Å²) in [6.07, 6.45) is 1.91. The maximum atomic E-state index is 5.19. The lowest BCUT2D eigenvalue weighted by Gasteiger charge is -2.11. The molecule has 0 atom stereocenters. The van der Waals surface area contributed by atoms with Gasteiger partial charge in [0.15, 0.2) is 0 Å². The standard InChI is InChI=1S/C52H32N2S/c1-3-17-45-42(14-1)43-15-2-4-18-46(43)51-50(45)53-32-48(54-51)36-28-24-34(25-29-36)38-11-8-13-40(31-38)39-12-7-10-37(30-39)33-22-26-35(27-23-33)41-19-9-20-47-44-16-5-6-21-49(44)55-52(41)47/h1-32H. The molecular formula is C52H32N2S. The van der Waals surface area contributed by atoms with Crippen LogP contribution in [0.2, 0.25) is 0 Å². The lowest BCUT2D eigenvalue weighted by Crippen LogP contribution is -1.92. The second-order valence-electron chi connectivity index (χ2n) is 14.1. The van der Waals surface area contributed by atoms with Gasteiger partial charge in [-0.1, -0.05) is 170 Å². The van der Waals surface area contributed by atoms with Crippen LogP contribution >= 0.6 is 11.3 Å². The van der Waals surface area contributed by atoms with Crippen molar-refractivity contribution in [3.8, 4) is 55.8 Å². The molecule has 2 nitrogen and oxygen atoms in total. The van der Waals surface area contributed by atoms with Gasteiger partial charge in [0.05, 0.1) is 22.9 Å². The average Bonchev–Trinajstić information content (AvgIpc) is 3.66. The van der Waals surface area contributed by atoms with Gasteiger partial charge in [-0.15, -0.1) is 11.3 Å². The van der Waals surface area contributed by atoms with E-state index in [1.54, 1.807) is 0 Å². The van der Waals surface area contributed by atoms with E-state index in [9.17, 15) is 0 Å². The van der Waals surface area contributed by atoms with Gasteiger partial charge >= 0.3 is 0 Å². The number of aromatic nitrogens is 2. The fraction of sp³-hybridized carbons (Fsp3) is 0. The second-order valence-corrected chi connectivity index (χ2v) is 15.2. The molecule has 0 fully saturated rings. The quantitative estimate of drug-likeness (QED) is 0.166. The predicted octanol–water partition coefficient (Wildman–Crippen LogP) is 14.6. The van der Waals surface area contributed by atoms with Gasteiger partial charge in [-0.25, -0.2) is 4.98 Å². The summed E-state index contributed by atoms with van der Waals surface area (Å²) in [6.45, 7) is 0. The van der Waals surface area contributed by atoms with Gasteiger partial charge < -0.3 is 0 Å². The zero-order chi connectivity index (χ0) is 36.3. The van der Waals surface area contributed by atoms with Crippen molar-refractivity contribution in [1.29, 1.82) is 0 Å². The van der Waals surface area contributed by atoms with Crippen LogP contribution in [0, 0.1) is 0 Å². The molecule has 0 radical (unpaired) electrons. The molecule has 256 valence electrons. The summed E-state index contributed by atoms with van der Waals surface area (Å²) >= 11 is 1.88. The van der Waals surface area contributed by atoms with Crippen molar-refractivity contribution in [2.45, 2.75) is 0 Å². The summed E-state index contributed by atoms with van der Waals surface area (Å²) in [5.74, 6) is 0. The molecule has 0 saturated carbocycles. The van der Waals surface area contributed by atoms with E-state index >= 15 is 0 Å². The van der Waals surface area contributed by atoms with Crippen LogP contribution in [0.4, 0.5) is 0 Å². The monoisotopic (exact) mass is 716 g/mol. The van der Waals surface area contributed by atoms with Gasteiger partial charge in [0.25, 0.3) is 0 Å². The summed E-state index contributed by atoms with van der Waals surface area (Å²) in [5.41, 5.74) is 13.5. The molecule has 0 aliphatic heterocycles. The van der Waals surface area contributed by atoms with Gasteiger partial charge in [0, 0.05) is 36.5 Å².